The SMILES string of the molecule is CC(C)(C)[Si](C)(C)OC[C@@H]1CNC[C@H](n2ccc(N)nc2=O)S1. The molecule has 0 aromatic carbocycles. The van der Waals surface area contributed by atoms with E-state index in [4.69, 9.17) is 10.2 Å². The van der Waals surface area contributed by atoms with Crippen molar-refractivity contribution in [2.75, 3.05) is 25.4 Å². The second-order valence-electron chi connectivity index (χ2n) is 7.48. The summed E-state index contributed by atoms with van der Waals surface area (Å²) >= 11 is 1.77. The fourth-order valence-electron chi connectivity index (χ4n) is 2.11. The van der Waals surface area contributed by atoms with Gasteiger partial charge in [0.15, 0.2) is 8.32 Å². The Kier molecular flexibility index (Phi) is 5.60. The molecular formula is C15H28N4O2SSi. The Labute approximate surface area is 143 Å². The number of nitrogens with zero attached hydrogens (tertiary/aromatic N) is 2. The van der Waals surface area contributed by atoms with Crippen LogP contribution >= 0.6 is 11.8 Å². The molecule has 0 bridgehead atoms. The molecule has 1 aliphatic heterocycles. The lowest BCUT2D eigenvalue weighted by Crippen LogP contribution is -2.46. The smallest absolute Gasteiger partial charge is 0.350 e. The van der Waals surface area contributed by atoms with Gasteiger partial charge in [0.1, 0.15) is 5.82 Å². The molecule has 1 aromatic heterocycles. The second kappa shape index (κ2) is 6.96. The fourth-order valence-corrected chi connectivity index (χ4v) is 4.59. The molecule has 0 aliphatic carbocycles. The van der Waals surface area contributed by atoms with Crippen LogP contribution in [0.4, 0.5) is 5.82 Å². The predicted molar refractivity (Wildman–Crippen MR) is 99.3 cm³/mol. The zero-order valence-electron chi connectivity index (χ0n) is 14.6. The highest BCUT2D eigenvalue weighted by molar-refractivity contribution is 8.00. The summed E-state index contributed by atoms with van der Waals surface area (Å²) in [4.78, 5) is 15.8. The molecule has 0 saturated carbocycles. The average Bonchev–Trinajstić information content (AvgIpc) is 2.44. The van der Waals surface area contributed by atoms with Crippen LogP contribution in [0.5, 0.6) is 0 Å². The van der Waals surface area contributed by atoms with Crippen molar-refractivity contribution in [1.82, 2.24) is 14.9 Å². The normalized spacial score (nSPS) is 23.0. The minimum atomic E-state index is -1.75. The zero-order valence-corrected chi connectivity index (χ0v) is 16.4. The molecule has 2 heterocycles. The summed E-state index contributed by atoms with van der Waals surface area (Å²) in [5.41, 5.74) is 5.26. The van der Waals surface area contributed by atoms with Gasteiger partial charge in [-0.3, -0.25) is 4.57 Å². The summed E-state index contributed by atoms with van der Waals surface area (Å²) < 4.78 is 7.97. The van der Waals surface area contributed by atoms with Gasteiger partial charge in [0.2, 0.25) is 0 Å². The van der Waals surface area contributed by atoms with Crippen LogP contribution in [0.1, 0.15) is 26.1 Å². The number of rotatable bonds is 4. The fraction of sp³-hybridized carbons (Fsp3) is 0.733. The molecule has 1 aliphatic rings. The van der Waals surface area contributed by atoms with E-state index in [-0.39, 0.29) is 21.9 Å². The quantitative estimate of drug-likeness (QED) is 0.804. The average molecular weight is 357 g/mol. The Hall–Kier alpha value is -0.833. The van der Waals surface area contributed by atoms with Crippen molar-refractivity contribution in [2.24, 2.45) is 0 Å². The summed E-state index contributed by atoms with van der Waals surface area (Å²) in [5.74, 6) is 0.262. The van der Waals surface area contributed by atoms with E-state index in [0.29, 0.717) is 11.9 Å². The first-order valence-electron chi connectivity index (χ1n) is 7.95. The summed E-state index contributed by atoms with van der Waals surface area (Å²) in [7, 11) is -1.75. The minimum Gasteiger partial charge on any atom is -0.416 e. The number of anilines is 1. The van der Waals surface area contributed by atoms with E-state index >= 15 is 0 Å². The molecule has 2 rings (SSSR count). The lowest BCUT2D eigenvalue weighted by Gasteiger charge is -2.38. The molecule has 0 spiro atoms. The largest absolute Gasteiger partial charge is 0.416 e. The van der Waals surface area contributed by atoms with Crippen LogP contribution in [0.2, 0.25) is 18.1 Å². The highest BCUT2D eigenvalue weighted by Crippen LogP contribution is 2.37. The monoisotopic (exact) mass is 356 g/mol. The molecule has 6 nitrogen and oxygen atoms in total. The number of nitrogens with one attached hydrogen (secondary N) is 1. The van der Waals surface area contributed by atoms with Crippen molar-refractivity contribution in [2.45, 2.75) is 49.5 Å². The Morgan fingerprint density at radius 2 is 2.17 bits per heavy atom. The van der Waals surface area contributed by atoms with Crippen LogP contribution in [0, 0.1) is 0 Å². The van der Waals surface area contributed by atoms with Gasteiger partial charge in [-0.1, -0.05) is 20.8 Å². The number of thioether (sulfide) groups is 1. The van der Waals surface area contributed by atoms with E-state index < -0.39 is 8.32 Å². The first kappa shape index (κ1) is 18.5. The van der Waals surface area contributed by atoms with Crippen molar-refractivity contribution in [3.63, 3.8) is 0 Å². The molecule has 8 heteroatoms. The third-order valence-electron chi connectivity index (χ3n) is 4.64. The highest BCUT2D eigenvalue weighted by atomic mass is 32.2. The van der Waals surface area contributed by atoms with Crippen LogP contribution in [-0.2, 0) is 4.43 Å². The lowest BCUT2D eigenvalue weighted by molar-refractivity contribution is 0.281. The molecule has 1 aromatic rings. The first-order chi connectivity index (χ1) is 10.6. The molecular weight excluding hydrogens is 328 g/mol. The number of hydrogen-bond donors (Lipinski definition) is 2. The molecule has 2 atom stereocenters. The molecule has 130 valence electrons. The topological polar surface area (TPSA) is 82.2 Å². The number of hydrogen-bond acceptors (Lipinski definition) is 6. The highest BCUT2D eigenvalue weighted by Gasteiger charge is 2.38. The lowest BCUT2D eigenvalue weighted by atomic mass is 10.2. The Balaban J connectivity index is 2.00. The standard InChI is InChI=1S/C15H28N4O2SSi/c1-15(2,3)23(4,5)21-10-11-8-17-9-13(22-11)19-7-6-12(16)18-14(19)20/h6-7,11,13,17H,8-10H2,1-5H3,(H2,16,18,20)/t11-,13+/m0/s1. The van der Waals surface area contributed by atoms with Crippen molar-refractivity contribution in [3.05, 3.63) is 22.7 Å². The van der Waals surface area contributed by atoms with E-state index in [1.807, 2.05) is 0 Å². The zero-order chi connectivity index (χ0) is 17.3. The molecule has 1 fully saturated rings. The number of aromatic nitrogens is 2. The van der Waals surface area contributed by atoms with Gasteiger partial charge >= 0.3 is 5.69 Å². The van der Waals surface area contributed by atoms with Gasteiger partial charge in [0.05, 0.1) is 5.37 Å². The van der Waals surface area contributed by atoms with E-state index in [2.05, 4.69) is 44.2 Å². The maximum atomic E-state index is 12.0. The number of nitrogen functional groups attached to an aromatic ring is 1. The van der Waals surface area contributed by atoms with Gasteiger partial charge in [-0.15, -0.1) is 11.8 Å². The van der Waals surface area contributed by atoms with E-state index in [1.165, 1.54) is 0 Å². The van der Waals surface area contributed by atoms with Gasteiger partial charge in [0.25, 0.3) is 0 Å². The molecule has 3 N–H and O–H groups in total. The third kappa shape index (κ3) is 4.59. The van der Waals surface area contributed by atoms with E-state index in [1.54, 1.807) is 28.6 Å². The molecule has 23 heavy (non-hydrogen) atoms. The molecule has 0 radical (unpaired) electrons. The summed E-state index contributed by atoms with van der Waals surface area (Å²) in [6.07, 6.45) is 1.72. The maximum Gasteiger partial charge on any atom is 0.350 e. The van der Waals surface area contributed by atoms with Crippen molar-refractivity contribution in [3.8, 4) is 0 Å². The number of nitrogens with two attached hydrogens (primary N) is 1. The summed E-state index contributed by atoms with van der Waals surface area (Å²) in [6, 6.07) is 1.66. The van der Waals surface area contributed by atoms with Crippen LogP contribution in [-0.4, -0.2) is 42.8 Å². The van der Waals surface area contributed by atoms with E-state index in [0.717, 1.165) is 13.1 Å². The van der Waals surface area contributed by atoms with Crippen LogP contribution in [0.15, 0.2) is 17.1 Å². The second-order valence-corrected chi connectivity index (χ2v) is 13.8. The van der Waals surface area contributed by atoms with Crippen LogP contribution < -0.4 is 16.7 Å². The predicted octanol–water partition coefficient (Wildman–Crippen LogP) is 2.05. The Morgan fingerprint density at radius 3 is 2.78 bits per heavy atom. The maximum absolute atomic E-state index is 12.0. The van der Waals surface area contributed by atoms with Crippen molar-refractivity contribution < 1.29 is 4.43 Å². The van der Waals surface area contributed by atoms with Gasteiger partial charge < -0.3 is 15.5 Å². The van der Waals surface area contributed by atoms with Crippen molar-refractivity contribution >= 4 is 25.9 Å². The Bertz CT molecular complexity index is 600. The summed E-state index contributed by atoms with van der Waals surface area (Å²) in [5, 5.41) is 3.95. The Morgan fingerprint density at radius 1 is 1.48 bits per heavy atom. The first-order valence-corrected chi connectivity index (χ1v) is 11.8. The molecule has 0 unspecified atom stereocenters. The molecule has 0 amide bonds. The van der Waals surface area contributed by atoms with Gasteiger partial charge in [-0.05, 0) is 24.2 Å². The van der Waals surface area contributed by atoms with Crippen molar-refractivity contribution in [1.29, 1.82) is 0 Å². The van der Waals surface area contributed by atoms with Gasteiger partial charge in [0, 0.05) is 31.1 Å². The summed E-state index contributed by atoms with van der Waals surface area (Å²) in [6.45, 7) is 13.6. The van der Waals surface area contributed by atoms with Gasteiger partial charge in [-0.2, -0.15) is 4.98 Å². The van der Waals surface area contributed by atoms with Gasteiger partial charge in [-0.25, -0.2) is 4.79 Å². The third-order valence-corrected chi connectivity index (χ3v) is 10.5. The minimum absolute atomic E-state index is 0.0253. The van der Waals surface area contributed by atoms with Crippen LogP contribution in [0.25, 0.3) is 0 Å². The van der Waals surface area contributed by atoms with E-state index in [9.17, 15) is 4.79 Å². The van der Waals surface area contributed by atoms with Crippen LogP contribution in [0.3, 0.4) is 0 Å². The molecule has 1 saturated heterocycles.